The topological polar surface area (TPSA) is 92.9 Å². The van der Waals surface area contributed by atoms with E-state index in [2.05, 4.69) is 4.98 Å². The van der Waals surface area contributed by atoms with Gasteiger partial charge in [0.25, 0.3) is 0 Å². The summed E-state index contributed by atoms with van der Waals surface area (Å²) in [6, 6.07) is 21.3. The fourth-order valence-corrected chi connectivity index (χ4v) is 3.76. The Hall–Kier alpha value is -3.77. The third-order valence-electron chi connectivity index (χ3n) is 5.41. The van der Waals surface area contributed by atoms with Gasteiger partial charge >= 0.3 is 0 Å². The first-order valence-corrected chi connectivity index (χ1v) is 10.1. The minimum Gasteiger partial charge on any atom is -0.494 e. The zero-order valence-corrected chi connectivity index (χ0v) is 17.3. The number of ether oxygens (including phenoxy) is 2. The average molecular weight is 413 g/mol. The number of nitrogens with one attached hydrogen (secondary N) is 1. The summed E-state index contributed by atoms with van der Waals surface area (Å²) < 4.78 is 11.0. The van der Waals surface area contributed by atoms with E-state index >= 15 is 0 Å². The Morgan fingerprint density at radius 3 is 2.35 bits per heavy atom. The number of hydrogen-bond acceptors (Lipinski definition) is 5. The van der Waals surface area contributed by atoms with Crippen LogP contribution in [0.5, 0.6) is 17.4 Å². The first kappa shape index (κ1) is 19.2. The van der Waals surface area contributed by atoms with Crippen LogP contribution in [0.2, 0.25) is 0 Å². The van der Waals surface area contributed by atoms with Gasteiger partial charge in [0, 0.05) is 22.6 Å². The molecule has 2 heterocycles. The molecule has 1 aliphatic heterocycles. The second-order valence-electron chi connectivity index (χ2n) is 8.19. The molecule has 0 radical (unpaired) electrons. The van der Waals surface area contributed by atoms with Crippen LogP contribution in [-0.2, 0) is 5.54 Å². The van der Waals surface area contributed by atoms with Gasteiger partial charge in [-0.15, -0.1) is 0 Å². The Kier molecular flexibility index (Phi) is 4.45. The number of aromatic nitrogens is 1. The lowest BCUT2D eigenvalue weighted by molar-refractivity contribution is 0.174. The van der Waals surface area contributed by atoms with Gasteiger partial charge < -0.3 is 25.3 Å². The summed E-state index contributed by atoms with van der Waals surface area (Å²) >= 11 is 0. The largest absolute Gasteiger partial charge is 0.494 e. The van der Waals surface area contributed by atoms with Crippen molar-refractivity contribution in [2.75, 3.05) is 6.79 Å². The molecular formula is C25H23N3O3. The maximum Gasteiger partial charge on any atom is 0.231 e. The van der Waals surface area contributed by atoms with E-state index in [0.717, 1.165) is 27.7 Å². The Morgan fingerprint density at radius 1 is 1.00 bits per heavy atom. The summed E-state index contributed by atoms with van der Waals surface area (Å²) in [5.74, 6) is 1.34. The third kappa shape index (κ3) is 3.51. The molecule has 0 atom stereocenters. The van der Waals surface area contributed by atoms with E-state index in [9.17, 15) is 5.11 Å². The van der Waals surface area contributed by atoms with Crippen LogP contribution < -0.4 is 15.2 Å². The second kappa shape index (κ2) is 7.18. The first-order chi connectivity index (χ1) is 14.9. The van der Waals surface area contributed by atoms with E-state index in [1.54, 1.807) is 0 Å². The van der Waals surface area contributed by atoms with Crippen molar-refractivity contribution in [2.24, 2.45) is 10.7 Å². The quantitative estimate of drug-likeness (QED) is 0.412. The summed E-state index contributed by atoms with van der Waals surface area (Å²) in [6.45, 7) is 4.12. The van der Waals surface area contributed by atoms with Gasteiger partial charge in [-0.1, -0.05) is 42.5 Å². The molecule has 6 heteroatoms. The number of rotatable bonds is 4. The summed E-state index contributed by atoms with van der Waals surface area (Å²) in [6.07, 6.45) is 0. The SMILES string of the molecule is CC(C)(N)c1ccc(N=C(c2ccccc2)c2c(O)[nH]c3cc4c(cc23)OCO4)cc1. The van der Waals surface area contributed by atoms with Crippen LogP contribution in [0, 0.1) is 0 Å². The molecule has 0 fully saturated rings. The molecule has 0 bridgehead atoms. The molecule has 4 aromatic rings. The van der Waals surface area contributed by atoms with Crippen LogP contribution in [0.3, 0.4) is 0 Å². The smallest absolute Gasteiger partial charge is 0.231 e. The highest BCUT2D eigenvalue weighted by molar-refractivity contribution is 6.22. The Labute approximate surface area is 180 Å². The van der Waals surface area contributed by atoms with Gasteiger partial charge in [-0.2, -0.15) is 0 Å². The fourth-order valence-electron chi connectivity index (χ4n) is 3.76. The molecule has 0 spiro atoms. The monoisotopic (exact) mass is 413 g/mol. The Bertz CT molecular complexity index is 1280. The number of aromatic hydroxyl groups is 1. The van der Waals surface area contributed by atoms with Crippen molar-refractivity contribution >= 4 is 22.3 Å². The van der Waals surface area contributed by atoms with Crippen LogP contribution in [0.4, 0.5) is 5.69 Å². The van der Waals surface area contributed by atoms with E-state index in [1.807, 2.05) is 80.6 Å². The molecule has 0 unspecified atom stereocenters. The Morgan fingerprint density at radius 2 is 1.68 bits per heavy atom. The van der Waals surface area contributed by atoms with Gasteiger partial charge in [0.1, 0.15) is 0 Å². The minimum absolute atomic E-state index is 0.0426. The molecule has 5 rings (SSSR count). The number of aliphatic imine (C=N–C) groups is 1. The van der Waals surface area contributed by atoms with Gasteiger partial charge in [0.05, 0.1) is 22.5 Å². The molecule has 0 aliphatic carbocycles. The van der Waals surface area contributed by atoms with Gasteiger partial charge in [-0.25, -0.2) is 4.99 Å². The number of fused-ring (bicyclic) bond motifs is 2. The van der Waals surface area contributed by atoms with Gasteiger partial charge in [0.15, 0.2) is 17.4 Å². The van der Waals surface area contributed by atoms with Crippen molar-refractivity contribution in [3.8, 4) is 17.4 Å². The maximum absolute atomic E-state index is 10.8. The second-order valence-corrected chi connectivity index (χ2v) is 8.19. The number of aromatic amines is 1. The van der Waals surface area contributed by atoms with Crippen molar-refractivity contribution in [3.05, 3.63) is 83.4 Å². The van der Waals surface area contributed by atoms with E-state index in [4.69, 9.17) is 20.2 Å². The normalized spacial score (nSPS) is 13.7. The zero-order valence-electron chi connectivity index (χ0n) is 17.3. The lowest BCUT2D eigenvalue weighted by Gasteiger charge is -2.19. The van der Waals surface area contributed by atoms with E-state index in [0.29, 0.717) is 22.8 Å². The van der Waals surface area contributed by atoms with Crippen LogP contribution in [0.1, 0.15) is 30.5 Å². The highest BCUT2D eigenvalue weighted by atomic mass is 16.7. The highest BCUT2D eigenvalue weighted by Crippen LogP contribution is 2.40. The van der Waals surface area contributed by atoms with Crippen molar-refractivity contribution in [1.29, 1.82) is 0 Å². The van der Waals surface area contributed by atoms with Crippen molar-refractivity contribution in [1.82, 2.24) is 4.98 Å². The third-order valence-corrected chi connectivity index (χ3v) is 5.41. The minimum atomic E-state index is -0.429. The predicted octanol–water partition coefficient (Wildman–Crippen LogP) is 4.97. The number of hydrogen-bond donors (Lipinski definition) is 3. The molecule has 0 saturated heterocycles. The molecule has 4 N–H and O–H groups in total. The zero-order chi connectivity index (χ0) is 21.6. The lowest BCUT2D eigenvalue weighted by atomic mass is 9.95. The molecule has 3 aromatic carbocycles. The summed E-state index contributed by atoms with van der Waals surface area (Å²) in [5.41, 5.74) is 10.5. The van der Waals surface area contributed by atoms with Crippen LogP contribution in [0.15, 0.2) is 71.7 Å². The summed E-state index contributed by atoms with van der Waals surface area (Å²) in [4.78, 5) is 7.97. The van der Waals surface area contributed by atoms with Gasteiger partial charge in [-0.05, 0) is 37.6 Å². The molecule has 6 nitrogen and oxygen atoms in total. The molecule has 1 aliphatic rings. The average Bonchev–Trinajstić information content (AvgIpc) is 3.33. The Balaban J connectivity index is 1.70. The van der Waals surface area contributed by atoms with E-state index < -0.39 is 5.54 Å². The molecule has 31 heavy (non-hydrogen) atoms. The summed E-state index contributed by atoms with van der Waals surface area (Å²) in [7, 11) is 0. The van der Waals surface area contributed by atoms with Crippen molar-refractivity contribution in [2.45, 2.75) is 19.4 Å². The highest BCUT2D eigenvalue weighted by Gasteiger charge is 2.23. The molecule has 1 aromatic heterocycles. The fraction of sp³-hybridized carbons (Fsp3) is 0.160. The molecule has 0 amide bonds. The molecule has 156 valence electrons. The lowest BCUT2D eigenvalue weighted by Crippen LogP contribution is -2.28. The molecular weight excluding hydrogens is 390 g/mol. The van der Waals surface area contributed by atoms with Crippen LogP contribution in [-0.4, -0.2) is 22.6 Å². The van der Waals surface area contributed by atoms with Crippen LogP contribution in [0.25, 0.3) is 10.9 Å². The van der Waals surface area contributed by atoms with E-state index in [1.165, 1.54) is 0 Å². The number of H-pyrrole nitrogens is 1. The number of nitrogens with zero attached hydrogens (tertiary/aromatic N) is 1. The van der Waals surface area contributed by atoms with Gasteiger partial charge in [0.2, 0.25) is 6.79 Å². The predicted molar refractivity (Wildman–Crippen MR) is 121 cm³/mol. The standard InChI is InChI=1S/C25H23N3O3/c1-25(2,26)16-8-10-17(11-9-16)27-23(15-6-4-3-5-7-15)22-18-12-20-21(31-14-30-20)13-19(18)28-24(22)29/h3-13,28-29H,14,26H2,1-2H3. The number of nitrogens with two attached hydrogens (primary N) is 1. The van der Waals surface area contributed by atoms with E-state index in [-0.39, 0.29) is 12.7 Å². The molecule has 0 saturated carbocycles. The summed E-state index contributed by atoms with van der Waals surface area (Å²) in [5, 5.41) is 11.6. The van der Waals surface area contributed by atoms with Gasteiger partial charge in [-0.3, -0.25) is 0 Å². The van der Waals surface area contributed by atoms with Crippen molar-refractivity contribution < 1.29 is 14.6 Å². The number of benzene rings is 3. The first-order valence-electron chi connectivity index (χ1n) is 10.1. The maximum atomic E-state index is 10.8. The van der Waals surface area contributed by atoms with Crippen molar-refractivity contribution in [3.63, 3.8) is 0 Å². The van der Waals surface area contributed by atoms with Crippen LogP contribution >= 0.6 is 0 Å².